The van der Waals surface area contributed by atoms with Crippen LogP contribution in [0.4, 0.5) is 0 Å². The van der Waals surface area contributed by atoms with Crippen LogP contribution in [0.25, 0.3) is 33.9 Å². The number of rotatable bonds is 4. The molecule has 0 saturated heterocycles. The predicted octanol–water partition coefficient (Wildman–Crippen LogP) is 0.750. The number of nitrogens with zero attached hydrogens (tertiary/aromatic N) is 7. The van der Waals surface area contributed by atoms with Gasteiger partial charge in [-0.05, 0) is 19.9 Å². The summed E-state index contributed by atoms with van der Waals surface area (Å²) in [6, 6.07) is 1.53. The number of aryl methyl sites for hydroxylation is 3. The first-order valence-corrected chi connectivity index (χ1v) is 8.22. The highest BCUT2D eigenvalue weighted by Gasteiger charge is 2.23. The van der Waals surface area contributed by atoms with E-state index >= 15 is 0 Å². The number of nitrogens with one attached hydrogen (secondary N) is 1. The number of carbonyl (C=O) groups is 1. The average molecular weight is 367 g/mol. The Labute approximate surface area is 152 Å². The van der Waals surface area contributed by atoms with Crippen molar-refractivity contribution in [2.24, 2.45) is 12.8 Å². The van der Waals surface area contributed by atoms with E-state index in [9.17, 15) is 9.90 Å². The number of hydrogen-bond donors (Lipinski definition) is 3. The Kier molecular flexibility index (Phi) is 3.65. The van der Waals surface area contributed by atoms with Gasteiger partial charge >= 0.3 is 0 Å². The lowest BCUT2D eigenvalue weighted by Crippen LogP contribution is -2.13. The molecule has 4 N–H and O–H groups in total. The summed E-state index contributed by atoms with van der Waals surface area (Å²) in [6.07, 6.45) is 1.59. The van der Waals surface area contributed by atoms with E-state index in [0.717, 1.165) is 0 Å². The van der Waals surface area contributed by atoms with Crippen molar-refractivity contribution in [1.29, 1.82) is 0 Å². The van der Waals surface area contributed by atoms with Gasteiger partial charge in [0.15, 0.2) is 11.6 Å². The second-order valence-electron chi connectivity index (χ2n) is 6.03. The molecule has 0 spiro atoms. The number of hydrogen-bond acceptors (Lipinski definition) is 7. The molecule has 0 aliphatic carbocycles. The molecule has 11 nitrogen and oxygen atoms in total. The molecule has 138 valence electrons. The number of aromatic hydroxyl groups is 1. The minimum Gasteiger partial charge on any atom is -0.504 e. The van der Waals surface area contributed by atoms with Crippen LogP contribution in [0.1, 0.15) is 23.1 Å². The smallest absolute Gasteiger partial charge is 0.267 e. The van der Waals surface area contributed by atoms with Gasteiger partial charge in [-0.3, -0.25) is 14.6 Å². The molecule has 4 aromatic rings. The van der Waals surface area contributed by atoms with Crippen LogP contribution in [-0.4, -0.2) is 50.7 Å². The number of fused-ring (bicyclic) bond motifs is 1. The Morgan fingerprint density at radius 1 is 1.33 bits per heavy atom. The number of primary amides is 1. The van der Waals surface area contributed by atoms with E-state index in [1.54, 1.807) is 24.9 Å². The van der Waals surface area contributed by atoms with E-state index < -0.39 is 5.91 Å². The first kappa shape index (κ1) is 16.7. The number of amides is 1. The fraction of sp³-hybridized carbons (Fsp3) is 0.250. The predicted molar refractivity (Wildman–Crippen MR) is 95.7 cm³/mol. The number of pyridine rings is 1. The van der Waals surface area contributed by atoms with Crippen molar-refractivity contribution in [3.05, 3.63) is 23.7 Å². The highest BCUT2D eigenvalue weighted by Crippen LogP contribution is 2.32. The van der Waals surface area contributed by atoms with Crippen molar-refractivity contribution in [2.45, 2.75) is 20.4 Å². The number of nitrogens with two attached hydrogens (primary N) is 1. The Hall–Kier alpha value is -3.76. The molecule has 0 aliphatic heterocycles. The molecule has 1 amide bonds. The van der Waals surface area contributed by atoms with Crippen LogP contribution in [0.2, 0.25) is 0 Å². The maximum absolute atomic E-state index is 11.6. The summed E-state index contributed by atoms with van der Waals surface area (Å²) < 4.78 is 3.15. The summed E-state index contributed by atoms with van der Waals surface area (Å²) in [5.74, 6) is 0.0737. The second-order valence-corrected chi connectivity index (χ2v) is 6.03. The molecule has 11 heteroatoms. The Morgan fingerprint density at radius 3 is 2.81 bits per heavy atom. The molecule has 0 unspecified atom stereocenters. The molecule has 4 rings (SSSR count). The highest BCUT2D eigenvalue weighted by molar-refractivity contribution is 5.98. The first-order valence-electron chi connectivity index (χ1n) is 8.22. The van der Waals surface area contributed by atoms with Gasteiger partial charge in [0.05, 0.1) is 11.7 Å². The molecule has 27 heavy (non-hydrogen) atoms. The zero-order valence-electron chi connectivity index (χ0n) is 14.9. The van der Waals surface area contributed by atoms with Crippen LogP contribution in [0.3, 0.4) is 0 Å². The zero-order chi connectivity index (χ0) is 19.3. The van der Waals surface area contributed by atoms with Crippen LogP contribution in [0.15, 0.2) is 12.3 Å². The lowest BCUT2D eigenvalue weighted by molar-refractivity contribution is 0.0996. The Balaban J connectivity index is 1.95. The van der Waals surface area contributed by atoms with Gasteiger partial charge in [-0.1, -0.05) is 0 Å². The van der Waals surface area contributed by atoms with Crippen LogP contribution >= 0.6 is 0 Å². The van der Waals surface area contributed by atoms with Crippen molar-refractivity contribution in [3.63, 3.8) is 0 Å². The number of aromatic nitrogens is 8. The fourth-order valence-electron chi connectivity index (χ4n) is 2.95. The second kappa shape index (κ2) is 5.90. The summed E-state index contributed by atoms with van der Waals surface area (Å²) in [4.78, 5) is 20.5. The fourth-order valence-corrected chi connectivity index (χ4v) is 2.95. The summed E-state index contributed by atoms with van der Waals surface area (Å²) in [6.45, 7) is 4.17. The van der Waals surface area contributed by atoms with Gasteiger partial charge in [0, 0.05) is 19.0 Å². The Bertz CT molecular complexity index is 1180. The van der Waals surface area contributed by atoms with E-state index in [0.29, 0.717) is 46.2 Å². The summed E-state index contributed by atoms with van der Waals surface area (Å²) >= 11 is 0. The van der Waals surface area contributed by atoms with Crippen molar-refractivity contribution < 1.29 is 9.90 Å². The molecule has 0 saturated carbocycles. The van der Waals surface area contributed by atoms with Crippen molar-refractivity contribution in [2.75, 3.05) is 0 Å². The molecule has 0 fully saturated rings. The van der Waals surface area contributed by atoms with Gasteiger partial charge in [0.1, 0.15) is 22.8 Å². The standard InChI is InChI=1S/C16H17N9O2/c1-4-25-12(13(26)7(2)22-25)15-20-16(24(3)23-15)11-8-6-18-21-9(8)5-10(19-11)14(17)27/h5-6,26H,4H2,1-3H3,(H2,17,27)(H,18,21). The van der Waals surface area contributed by atoms with Gasteiger partial charge < -0.3 is 10.8 Å². The lowest BCUT2D eigenvalue weighted by atomic mass is 10.2. The normalized spacial score (nSPS) is 11.4. The molecule has 0 aliphatic rings. The van der Waals surface area contributed by atoms with E-state index in [1.165, 1.54) is 10.7 Å². The molecular formula is C16H17N9O2. The molecule has 0 aromatic carbocycles. The first-order chi connectivity index (χ1) is 12.9. The molecular weight excluding hydrogens is 350 g/mol. The van der Waals surface area contributed by atoms with Gasteiger partial charge in [-0.25, -0.2) is 14.6 Å². The van der Waals surface area contributed by atoms with Crippen molar-refractivity contribution in [1.82, 2.24) is 39.7 Å². The van der Waals surface area contributed by atoms with Gasteiger partial charge in [0.2, 0.25) is 5.82 Å². The van der Waals surface area contributed by atoms with E-state index in [4.69, 9.17) is 5.73 Å². The van der Waals surface area contributed by atoms with E-state index in [2.05, 4.69) is 30.4 Å². The third kappa shape index (κ3) is 2.51. The topological polar surface area (TPSA) is 153 Å². The summed E-state index contributed by atoms with van der Waals surface area (Å²) in [7, 11) is 1.70. The Morgan fingerprint density at radius 2 is 2.11 bits per heavy atom. The van der Waals surface area contributed by atoms with Crippen molar-refractivity contribution >= 4 is 16.8 Å². The maximum Gasteiger partial charge on any atom is 0.267 e. The minimum absolute atomic E-state index is 0.0290. The molecule has 0 bridgehead atoms. The summed E-state index contributed by atoms with van der Waals surface area (Å²) in [5, 5.41) is 26.5. The SMILES string of the molecule is CCn1nc(C)c(O)c1-c1nc(-c2nc(C(N)=O)cc3[nH]ncc23)n(C)n1. The van der Waals surface area contributed by atoms with Crippen LogP contribution in [-0.2, 0) is 13.6 Å². The molecule has 0 radical (unpaired) electrons. The largest absolute Gasteiger partial charge is 0.504 e. The quantitative estimate of drug-likeness (QED) is 0.481. The monoisotopic (exact) mass is 367 g/mol. The number of H-pyrrole nitrogens is 1. The van der Waals surface area contributed by atoms with Gasteiger partial charge in [-0.15, -0.1) is 5.10 Å². The maximum atomic E-state index is 11.6. The van der Waals surface area contributed by atoms with E-state index in [-0.39, 0.29) is 11.4 Å². The number of carbonyl (C=O) groups excluding carboxylic acids is 1. The summed E-state index contributed by atoms with van der Waals surface area (Å²) in [5.41, 5.74) is 7.41. The van der Waals surface area contributed by atoms with Gasteiger partial charge in [0.25, 0.3) is 5.91 Å². The third-order valence-corrected chi connectivity index (χ3v) is 4.27. The van der Waals surface area contributed by atoms with Crippen molar-refractivity contribution in [3.8, 4) is 28.8 Å². The van der Waals surface area contributed by atoms with Gasteiger partial charge in [-0.2, -0.15) is 10.2 Å². The zero-order valence-corrected chi connectivity index (χ0v) is 14.9. The lowest BCUT2D eigenvalue weighted by Gasteiger charge is -2.03. The molecule has 0 atom stereocenters. The van der Waals surface area contributed by atoms with E-state index in [1.807, 2.05) is 6.92 Å². The van der Waals surface area contributed by atoms with Crippen LogP contribution in [0, 0.1) is 6.92 Å². The van der Waals surface area contributed by atoms with Crippen LogP contribution < -0.4 is 5.73 Å². The highest BCUT2D eigenvalue weighted by atomic mass is 16.3. The van der Waals surface area contributed by atoms with Crippen LogP contribution in [0.5, 0.6) is 5.75 Å². The molecule has 4 aromatic heterocycles. The molecule has 4 heterocycles. The minimum atomic E-state index is -0.660. The average Bonchev–Trinajstić information content (AvgIpc) is 3.32. The number of aromatic amines is 1. The third-order valence-electron chi connectivity index (χ3n) is 4.27.